The maximum atomic E-state index is 5.74. The minimum Gasteiger partial charge on any atom is -0.371 e. The van der Waals surface area contributed by atoms with E-state index in [4.69, 9.17) is 4.74 Å². The summed E-state index contributed by atoms with van der Waals surface area (Å²) in [7, 11) is 1.92. The molecule has 0 aromatic carbocycles. The van der Waals surface area contributed by atoms with Crippen LogP contribution in [0.4, 0.5) is 0 Å². The van der Waals surface area contributed by atoms with Crippen LogP contribution in [0.25, 0.3) is 0 Å². The van der Waals surface area contributed by atoms with E-state index < -0.39 is 0 Å². The second kappa shape index (κ2) is 4.57. The van der Waals surface area contributed by atoms with Crippen molar-refractivity contribution in [2.75, 3.05) is 13.1 Å². The van der Waals surface area contributed by atoms with Crippen molar-refractivity contribution >= 4 is 0 Å². The van der Waals surface area contributed by atoms with Gasteiger partial charge in [0, 0.05) is 19.8 Å². The Morgan fingerprint density at radius 3 is 3.29 bits per heavy atom. The first kappa shape index (κ1) is 9.68. The van der Waals surface area contributed by atoms with E-state index in [1.54, 1.807) is 4.68 Å². The summed E-state index contributed by atoms with van der Waals surface area (Å²) in [6, 6.07) is 2.00. The van der Waals surface area contributed by atoms with Crippen LogP contribution in [0.1, 0.15) is 18.5 Å². The second-order valence-electron chi connectivity index (χ2n) is 3.76. The van der Waals surface area contributed by atoms with Crippen molar-refractivity contribution in [2.45, 2.75) is 25.6 Å². The minimum absolute atomic E-state index is 0.366. The predicted molar refractivity (Wildman–Crippen MR) is 53.9 cm³/mol. The van der Waals surface area contributed by atoms with E-state index in [9.17, 15) is 0 Å². The van der Waals surface area contributed by atoms with Gasteiger partial charge >= 0.3 is 0 Å². The largest absolute Gasteiger partial charge is 0.371 e. The van der Waals surface area contributed by atoms with E-state index >= 15 is 0 Å². The van der Waals surface area contributed by atoms with Gasteiger partial charge in [-0.15, -0.1) is 0 Å². The number of rotatable bonds is 3. The summed E-state index contributed by atoms with van der Waals surface area (Å²) < 4.78 is 7.55. The quantitative estimate of drug-likeness (QED) is 0.771. The third-order valence-corrected chi connectivity index (χ3v) is 2.49. The van der Waals surface area contributed by atoms with Gasteiger partial charge in [-0.3, -0.25) is 4.68 Å². The average Bonchev–Trinajstić information content (AvgIpc) is 2.63. The average molecular weight is 195 g/mol. The number of hydrogen-bond donors (Lipinski definition) is 1. The molecule has 1 aromatic heterocycles. The van der Waals surface area contributed by atoms with Crippen LogP contribution in [0.15, 0.2) is 12.3 Å². The van der Waals surface area contributed by atoms with Crippen molar-refractivity contribution in [3.05, 3.63) is 18.0 Å². The van der Waals surface area contributed by atoms with Crippen molar-refractivity contribution < 1.29 is 4.74 Å². The summed E-state index contributed by atoms with van der Waals surface area (Å²) in [6.45, 7) is 2.74. The van der Waals surface area contributed by atoms with Gasteiger partial charge in [-0.2, -0.15) is 5.10 Å². The van der Waals surface area contributed by atoms with Crippen molar-refractivity contribution in [1.82, 2.24) is 15.1 Å². The van der Waals surface area contributed by atoms with Crippen LogP contribution >= 0.6 is 0 Å². The summed E-state index contributed by atoms with van der Waals surface area (Å²) in [4.78, 5) is 0. The molecular weight excluding hydrogens is 178 g/mol. The molecule has 1 fully saturated rings. The van der Waals surface area contributed by atoms with Gasteiger partial charge in [0.1, 0.15) is 0 Å². The zero-order chi connectivity index (χ0) is 9.80. The molecule has 1 aliphatic heterocycles. The van der Waals surface area contributed by atoms with Crippen molar-refractivity contribution in [1.29, 1.82) is 0 Å². The fourth-order valence-electron chi connectivity index (χ4n) is 1.71. The normalized spacial score (nSPS) is 22.5. The Balaban J connectivity index is 1.76. The molecule has 0 amide bonds. The molecule has 2 heterocycles. The molecule has 1 N–H and O–H groups in total. The minimum atomic E-state index is 0.366. The zero-order valence-corrected chi connectivity index (χ0v) is 8.57. The van der Waals surface area contributed by atoms with Crippen molar-refractivity contribution in [3.63, 3.8) is 0 Å². The summed E-state index contributed by atoms with van der Waals surface area (Å²) in [5.41, 5.74) is 1.01. The van der Waals surface area contributed by atoms with Crippen LogP contribution in [-0.2, 0) is 18.4 Å². The highest BCUT2D eigenvalue weighted by Gasteiger charge is 2.13. The number of nitrogens with zero attached hydrogens (tertiary/aromatic N) is 2. The lowest BCUT2D eigenvalue weighted by molar-refractivity contribution is 0.0234. The second-order valence-corrected chi connectivity index (χ2v) is 3.76. The van der Waals surface area contributed by atoms with Gasteiger partial charge in [-0.25, -0.2) is 0 Å². The fourth-order valence-corrected chi connectivity index (χ4v) is 1.71. The van der Waals surface area contributed by atoms with E-state index in [-0.39, 0.29) is 0 Å². The molecule has 14 heavy (non-hydrogen) atoms. The van der Waals surface area contributed by atoms with Crippen LogP contribution in [0.3, 0.4) is 0 Å². The molecule has 0 bridgehead atoms. The first-order valence-electron chi connectivity index (χ1n) is 5.15. The molecule has 2 rings (SSSR count). The van der Waals surface area contributed by atoms with E-state index in [0.717, 1.165) is 18.8 Å². The van der Waals surface area contributed by atoms with Gasteiger partial charge in [0.15, 0.2) is 0 Å². The summed E-state index contributed by atoms with van der Waals surface area (Å²) >= 11 is 0. The Morgan fingerprint density at radius 1 is 1.71 bits per heavy atom. The van der Waals surface area contributed by atoms with Gasteiger partial charge in [-0.05, 0) is 25.5 Å². The van der Waals surface area contributed by atoms with Gasteiger partial charge < -0.3 is 10.1 Å². The summed E-state index contributed by atoms with van der Waals surface area (Å²) in [5.74, 6) is 0. The SMILES string of the molecule is Cn1ccc(COC2CCCNC2)n1. The van der Waals surface area contributed by atoms with Crippen LogP contribution in [-0.4, -0.2) is 29.0 Å². The zero-order valence-electron chi connectivity index (χ0n) is 8.57. The van der Waals surface area contributed by atoms with Gasteiger partial charge in [-0.1, -0.05) is 0 Å². The van der Waals surface area contributed by atoms with Crippen LogP contribution < -0.4 is 5.32 Å². The molecule has 0 saturated carbocycles. The molecular formula is C10H17N3O. The third kappa shape index (κ3) is 2.56. The number of aryl methyl sites for hydroxylation is 1. The van der Waals surface area contributed by atoms with Crippen LogP contribution in [0.5, 0.6) is 0 Å². The molecule has 4 nitrogen and oxygen atoms in total. The molecule has 0 aliphatic carbocycles. The van der Waals surface area contributed by atoms with Crippen molar-refractivity contribution in [3.8, 4) is 0 Å². The molecule has 0 radical (unpaired) electrons. The van der Waals surface area contributed by atoms with E-state index in [2.05, 4.69) is 10.4 Å². The number of hydrogen-bond acceptors (Lipinski definition) is 3. The van der Waals surface area contributed by atoms with Crippen LogP contribution in [0, 0.1) is 0 Å². The van der Waals surface area contributed by atoms with E-state index in [1.165, 1.54) is 12.8 Å². The van der Waals surface area contributed by atoms with Crippen molar-refractivity contribution in [2.24, 2.45) is 7.05 Å². The molecule has 1 saturated heterocycles. The van der Waals surface area contributed by atoms with E-state index in [0.29, 0.717) is 12.7 Å². The highest BCUT2D eigenvalue weighted by Crippen LogP contribution is 2.08. The van der Waals surface area contributed by atoms with Gasteiger partial charge in [0.25, 0.3) is 0 Å². The molecule has 78 valence electrons. The smallest absolute Gasteiger partial charge is 0.0910 e. The lowest BCUT2D eigenvalue weighted by Crippen LogP contribution is -2.35. The molecule has 1 aromatic rings. The highest BCUT2D eigenvalue weighted by molar-refractivity contribution is 4.96. The molecule has 4 heteroatoms. The predicted octanol–water partition coefficient (Wildman–Crippen LogP) is 0.689. The Morgan fingerprint density at radius 2 is 2.64 bits per heavy atom. The maximum absolute atomic E-state index is 5.74. The summed E-state index contributed by atoms with van der Waals surface area (Å²) in [6.07, 6.45) is 4.69. The first-order valence-corrected chi connectivity index (χ1v) is 5.15. The number of piperidine rings is 1. The monoisotopic (exact) mass is 195 g/mol. The van der Waals surface area contributed by atoms with Crippen LogP contribution in [0.2, 0.25) is 0 Å². The maximum Gasteiger partial charge on any atom is 0.0910 e. The Kier molecular flexibility index (Phi) is 3.16. The molecule has 1 atom stereocenters. The third-order valence-electron chi connectivity index (χ3n) is 2.49. The van der Waals surface area contributed by atoms with E-state index in [1.807, 2.05) is 19.3 Å². The van der Waals surface area contributed by atoms with Gasteiger partial charge in [0.05, 0.1) is 18.4 Å². The Hall–Kier alpha value is -0.870. The highest BCUT2D eigenvalue weighted by atomic mass is 16.5. The Labute approximate surface area is 84.3 Å². The standard InChI is InChI=1S/C10H17N3O/c1-13-6-4-9(12-13)8-14-10-3-2-5-11-7-10/h4,6,10-11H,2-3,5,7-8H2,1H3. The first-order chi connectivity index (χ1) is 6.84. The fraction of sp³-hybridized carbons (Fsp3) is 0.700. The molecule has 1 aliphatic rings. The number of nitrogens with one attached hydrogen (secondary N) is 1. The lowest BCUT2D eigenvalue weighted by atomic mass is 10.1. The molecule has 0 spiro atoms. The lowest BCUT2D eigenvalue weighted by Gasteiger charge is -2.22. The Bertz CT molecular complexity index is 279. The molecule has 1 unspecified atom stereocenters. The number of aromatic nitrogens is 2. The summed E-state index contributed by atoms with van der Waals surface area (Å²) in [5, 5.41) is 7.59. The number of ether oxygens (including phenoxy) is 1. The van der Waals surface area contributed by atoms with Gasteiger partial charge in [0.2, 0.25) is 0 Å². The topological polar surface area (TPSA) is 39.1 Å².